The number of thioether (sulfide) groups is 1. The van der Waals surface area contributed by atoms with Crippen LogP contribution in [0.25, 0.3) is 0 Å². The Labute approximate surface area is 175 Å². The molecule has 0 aliphatic carbocycles. The topological polar surface area (TPSA) is 56.5 Å². The molecule has 2 heterocycles. The van der Waals surface area contributed by atoms with Crippen molar-refractivity contribution in [2.45, 2.75) is 50.2 Å². The standard InChI is InChI=1S/C23H26N2O3S/c1-23(2,3)18-7-4-16(5-8-18)14-29-22-24-11-19(13-26)25(22)12-17-6-9-20-21(10-17)28-15-27-20/h4-11,26H,12-15H2,1-3H3. The molecule has 1 aliphatic rings. The Balaban J connectivity index is 1.49. The first kappa shape index (κ1) is 19.9. The maximum atomic E-state index is 9.74. The number of aliphatic hydroxyl groups is 1. The fourth-order valence-electron chi connectivity index (χ4n) is 3.27. The van der Waals surface area contributed by atoms with Crippen molar-refractivity contribution in [3.8, 4) is 11.5 Å². The summed E-state index contributed by atoms with van der Waals surface area (Å²) in [6, 6.07) is 14.7. The van der Waals surface area contributed by atoms with Crippen molar-refractivity contribution in [2.24, 2.45) is 0 Å². The molecule has 1 aliphatic heterocycles. The first-order valence-corrected chi connectivity index (χ1v) is 10.7. The Hall–Kier alpha value is -2.44. The van der Waals surface area contributed by atoms with Crippen LogP contribution in [0.3, 0.4) is 0 Å². The summed E-state index contributed by atoms with van der Waals surface area (Å²) >= 11 is 1.68. The Kier molecular flexibility index (Phi) is 5.56. The van der Waals surface area contributed by atoms with Gasteiger partial charge in [-0.05, 0) is 34.2 Å². The SMILES string of the molecule is CC(C)(C)c1ccc(CSc2ncc(CO)n2Cc2ccc3c(c2)OCO3)cc1. The van der Waals surface area contributed by atoms with Gasteiger partial charge in [0.2, 0.25) is 6.79 Å². The molecule has 0 radical (unpaired) electrons. The first-order valence-electron chi connectivity index (χ1n) is 9.70. The number of benzene rings is 2. The Bertz CT molecular complexity index is 990. The number of hydrogen-bond donors (Lipinski definition) is 1. The number of fused-ring (bicyclic) bond motifs is 1. The van der Waals surface area contributed by atoms with Crippen LogP contribution >= 0.6 is 11.8 Å². The van der Waals surface area contributed by atoms with Gasteiger partial charge in [0.1, 0.15) is 0 Å². The smallest absolute Gasteiger partial charge is 0.231 e. The number of rotatable bonds is 6. The summed E-state index contributed by atoms with van der Waals surface area (Å²) in [5.74, 6) is 2.37. The van der Waals surface area contributed by atoms with Crippen molar-refractivity contribution in [1.82, 2.24) is 9.55 Å². The third-order valence-corrected chi connectivity index (χ3v) is 6.09. The molecular weight excluding hydrogens is 384 g/mol. The molecule has 0 saturated carbocycles. The predicted molar refractivity (Wildman–Crippen MR) is 115 cm³/mol. The average molecular weight is 411 g/mol. The summed E-state index contributed by atoms with van der Waals surface area (Å²) in [5.41, 5.74) is 4.62. The molecule has 6 heteroatoms. The Morgan fingerprint density at radius 1 is 1.03 bits per heavy atom. The summed E-state index contributed by atoms with van der Waals surface area (Å²) in [6.07, 6.45) is 1.75. The van der Waals surface area contributed by atoms with Crippen molar-refractivity contribution in [3.05, 3.63) is 71.0 Å². The van der Waals surface area contributed by atoms with Gasteiger partial charge in [0.25, 0.3) is 0 Å². The monoisotopic (exact) mass is 410 g/mol. The molecule has 0 atom stereocenters. The lowest BCUT2D eigenvalue weighted by Gasteiger charge is -2.19. The zero-order valence-electron chi connectivity index (χ0n) is 17.0. The molecule has 1 N–H and O–H groups in total. The van der Waals surface area contributed by atoms with Gasteiger partial charge >= 0.3 is 0 Å². The van der Waals surface area contributed by atoms with Gasteiger partial charge in [-0.25, -0.2) is 4.98 Å². The summed E-state index contributed by atoms with van der Waals surface area (Å²) in [7, 11) is 0. The lowest BCUT2D eigenvalue weighted by molar-refractivity contribution is 0.174. The first-order chi connectivity index (χ1) is 13.9. The molecule has 1 aromatic heterocycles. The van der Waals surface area contributed by atoms with E-state index in [1.54, 1.807) is 18.0 Å². The molecule has 152 valence electrons. The molecule has 4 rings (SSSR count). The van der Waals surface area contributed by atoms with Crippen molar-refractivity contribution < 1.29 is 14.6 Å². The largest absolute Gasteiger partial charge is 0.454 e. The highest BCUT2D eigenvalue weighted by Gasteiger charge is 2.16. The second kappa shape index (κ2) is 8.13. The lowest BCUT2D eigenvalue weighted by Crippen LogP contribution is -2.10. The molecule has 0 bridgehead atoms. The van der Waals surface area contributed by atoms with E-state index in [4.69, 9.17) is 9.47 Å². The van der Waals surface area contributed by atoms with Crippen LogP contribution in [-0.4, -0.2) is 21.5 Å². The van der Waals surface area contributed by atoms with Crippen LogP contribution in [0.4, 0.5) is 0 Å². The zero-order chi connectivity index (χ0) is 20.4. The van der Waals surface area contributed by atoms with E-state index >= 15 is 0 Å². The maximum Gasteiger partial charge on any atom is 0.231 e. The molecule has 5 nitrogen and oxygen atoms in total. The van der Waals surface area contributed by atoms with Gasteiger partial charge in [-0.15, -0.1) is 0 Å². The van der Waals surface area contributed by atoms with Gasteiger partial charge in [0, 0.05) is 5.75 Å². The van der Waals surface area contributed by atoms with Gasteiger partial charge < -0.3 is 19.1 Å². The predicted octanol–water partition coefficient (Wildman–Crippen LogP) is 4.74. The third-order valence-electron chi connectivity index (χ3n) is 5.03. The van der Waals surface area contributed by atoms with Gasteiger partial charge in [-0.3, -0.25) is 0 Å². The highest BCUT2D eigenvalue weighted by molar-refractivity contribution is 7.98. The van der Waals surface area contributed by atoms with Crippen LogP contribution < -0.4 is 9.47 Å². The van der Waals surface area contributed by atoms with Gasteiger partial charge in [0.15, 0.2) is 16.7 Å². The van der Waals surface area contributed by atoms with E-state index in [9.17, 15) is 5.11 Å². The van der Waals surface area contributed by atoms with Crippen molar-refractivity contribution in [2.75, 3.05) is 6.79 Å². The maximum absolute atomic E-state index is 9.74. The molecule has 29 heavy (non-hydrogen) atoms. The van der Waals surface area contributed by atoms with Crippen LogP contribution in [0.2, 0.25) is 0 Å². The molecule has 0 fully saturated rings. The lowest BCUT2D eigenvalue weighted by atomic mass is 9.87. The highest BCUT2D eigenvalue weighted by atomic mass is 32.2. The van der Waals surface area contributed by atoms with E-state index in [1.165, 1.54) is 11.1 Å². The number of aliphatic hydroxyl groups excluding tert-OH is 1. The minimum absolute atomic E-state index is 0.0433. The minimum atomic E-state index is -0.0433. The quantitative estimate of drug-likeness (QED) is 0.595. The van der Waals surface area contributed by atoms with Crippen LogP contribution in [-0.2, 0) is 24.3 Å². The van der Waals surface area contributed by atoms with Crippen molar-refractivity contribution in [3.63, 3.8) is 0 Å². The molecule has 2 aromatic carbocycles. The number of imidazole rings is 1. The molecule has 0 unspecified atom stereocenters. The molecule has 3 aromatic rings. The van der Waals surface area contributed by atoms with E-state index in [0.717, 1.165) is 33.7 Å². The molecule has 0 spiro atoms. The van der Waals surface area contributed by atoms with Gasteiger partial charge in [-0.2, -0.15) is 0 Å². The fraction of sp³-hybridized carbons (Fsp3) is 0.348. The average Bonchev–Trinajstić information content (AvgIpc) is 3.32. The van der Waals surface area contributed by atoms with E-state index in [-0.39, 0.29) is 18.8 Å². The van der Waals surface area contributed by atoms with E-state index in [0.29, 0.717) is 6.54 Å². The van der Waals surface area contributed by atoms with Crippen LogP contribution in [0, 0.1) is 0 Å². The third kappa shape index (κ3) is 4.43. The van der Waals surface area contributed by atoms with Gasteiger partial charge in [-0.1, -0.05) is 62.9 Å². The highest BCUT2D eigenvalue weighted by Crippen LogP contribution is 2.33. The van der Waals surface area contributed by atoms with E-state index in [1.807, 2.05) is 18.2 Å². The Morgan fingerprint density at radius 3 is 2.48 bits per heavy atom. The molecule has 0 saturated heterocycles. The number of ether oxygens (including phenoxy) is 2. The summed E-state index contributed by atoms with van der Waals surface area (Å²) in [4.78, 5) is 4.54. The van der Waals surface area contributed by atoms with Crippen LogP contribution in [0.1, 0.15) is 43.2 Å². The zero-order valence-corrected chi connectivity index (χ0v) is 17.8. The second-order valence-electron chi connectivity index (χ2n) is 8.20. The fourth-order valence-corrected chi connectivity index (χ4v) is 4.23. The minimum Gasteiger partial charge on any atom is -0.454 e. The normalized spacial score (nSPS) is 13.1. The van der Waals surface area contributed by atoms with Gasteiger partial charge in [0.05, 0.1) is 25.0 Å². The van der Waals surface area contributed by atoms with Crippen molar-refractivity contribution in [1.29, 1.82) is 0 Å². The summed E-state index contributed by atoms with van der Waals surface area (Å²) in [5, 5.41) is 10.6. The Morgan fingerprint density at radius 2 is 1.76 bits per heavy atom. The van der Waals surface area contributed by atoms with E-state index < -0.39 is 0 Å². The van der Waals surface area contributed by atoms with Crippen molar-refractivity contribution >= 4 is 11.8 Å². The number of aromatic nitrogens is 2. The van der Waals surface area contributed by atoms with Crippen LogP contribution in [0.15, 0.2) is 53.8 Å². The number of hydrogen-bond acceptors (Lipinski definition) is 5. The molecule has 0 amide bonds. The van der Waals surface area contributed by atoms with E-state index in [2.05, 4.69) is 54.6 Å². The number of nitrogens with zero attached hydrogens (tertiary/aromatic N) is 2. The summed E-state index contributed by atoms with van der Waals surface area (Å²) < 4.78 is 12.9. The van der Waals surface area contributed by atoms with Crippen LogP contribution in [0.5, 0.6) is 11.5 Å². The molecular formula is C23H26N2O3S. The second-order valence-corrected chi connectivity index (χ2v) is 9.14. The summed E-state index contributed by atoms with van der Waals surface area (Å²) in [6.45, 7) is 7.51.